The Morgan fingerprint density at radius 2 is 1.95 bits per heavy atom. The molecule has 0 unspecified atom stereocenters. The van der Waals surface area contributed by atoms with Gasteiger partial charge in [0, 0.05) is 18.2 Å². The molecular formula is C15H27IN4O. The summed E-state index contributed by atoms with van der Waals surface area (Å²) < 4.78 is 5.14. The van der Waals surface area contributed by atoms with Crippen LogP contribution in [0.4, 0.5) is 0 Å². The summed E-state index contributed by atoms with van der Waals surface area (Å²) in [6, 6.07) is 0.500. The van der Waals surface area contributed by atoms with Gasteiger partial charge in [-0.25, -0.2) is 0 Å². The molecule has 0 bridgehead atoms. The number of nitrogens with one attached hydrogen (secondary N) is 1. The van der Waals surface area contributed by atoms with E-state index in [-0.39, 0.29) is 24.0 Å². The van der Waals surface area contributed by atoms with Crippen LogP contribution in [0.3, 0.4) is 0 Å². The second-order valence-corrected chi connectivity index (χ2v) is 5.65. The topological polar surface area (TPSA) is 76.4 Å². The highest BCUT2D eigenvalue weighted by atomic mass is 127. The van der Waals surface area contributed by atoms with E-state index in [2.05, 4.69) is 15.5 Å². The van der Waals surface area contributed by atoms with Crippen molar-refractivity contribution >= 4 is 29.9 Å². The van der Waals surface area contributed by atoms with Gasteiger partial charge < -0.3 is 15.6 Å². The molecule has 6 heteroatoms. The lowest BCUT2D eigenvalue weighted by Crippen LogP contribution is -2.40. The fourth-order valence-corrected chi connectivity index (χ4v) is 2.83. The Labute approximate surface area is 144 Å². The van der Waals surface area contributed by atoms with Crippen LogP contribution in [0.5, 0.6) is 0 Å². The predicted molar refractivity (Wildman–Crippen MR) is 96.2 cm³/mol. The van der Waals surface area contributed by atoms with Crippen LogP contribution in [0.25, 0.3) is 0 Å². The van der Waals surface area contributed by atoms with Crippen LogP contribution in [0.2, 0.25) is 0 Å². The van der Waals surface area contributed by atoms with Crippen molar-refractivity contribution in [3.63, 3.8) is 0 Å². The van der Waals surface area contributed by atoms with Gasteiger partial charge in [0.1, 0.15) is 5.76 Å². The van der Waals surface area contributed by atoms with Gasteiger partial charge in [0.2, 0.25) is 0 Å². The first-order valence-corrected chi connectivity index (χ1v) is 7.65. The van der Waals surface area contributed by atoms with Crippen molar-refractivity contribution in [1.29, 1.82) is 0 Å². The van der Waals surface area contributed by atoms with E-state index in [9.17, 15) is 0 Å². The smallest absolute Gasteiger partial charge is 0.188 e. The summed E-state index contributed by atoms with van der Waals surface area (Å²) in [5, 5.41) is 7.30. The Hall–Kier alpha value is -0.790. The molecule has 0 atom stereocenters. The highest BCUT2D eigenvalue weighted by molar-refractivity contribution is 14.0. The standard InChI is InChI=1S/C15H26N4O.HI/c1-11-14(12(2)20-19-11)9-10-17-15(16)18-13-7-5-3-4-6-8-13;/h13H,3-10H2,1-2H3,(H3,16,17,18);1H. The molecule has 21 heavy (non-hydrogen) atoms. The molecule has 1 heterocycles. The van der Waals surface area contributed by atoms with Gasteiger partial charge in [-0.2, -0.15) is 0 Å². The monoisotopic (exact) mass is 406 g/mol. The van der Waals surface area contributed by atoms with E-state index in [0.29, 0.717) is 18.5 Å². The number of nitrogens with two attached hydrogens (primary N) is 1. The number of rotatable bonds is 4. The zero-order valence-corrected chi connectivity index (χ0v) is 15.4. The third kappa shape index (κ3) is 5.84. The first kappa shape index (κ1) is 18.3. The van der Waals surface area contributed by atoms with E-state index in [1.54, 1.807) is 0 Å². The highest BCUT2D eigenvalue weighted by Crippen LogP contribution is 2.17. The summed E-state index contributed by atoms with van der Waals surface area (Å²) in [7, 11) is 0. The van der Waals surface area contributed by atoms with Crippen LogP contribution in [0, 0.1) is 13.8 Å². The number of hydrogen-bond acceptors (Lipinski definition) is 3. The number of nitrogens with zero attached hydrogens (tertiary/aromatic N) is 2. The number of hydrogen-bond donors (Lipinski definition) is 2. The molecule has 5 nitrogen and oxygen atoms in total. The maximum absolute atomic E-state index is 5.97. The fraction of sp³-hybridized carbons (Fsp3) is 0.733. The van der Waals surface area contributed by atoms with E-state index in [4.69, 9.17) is 10.3 Å². The summed E-state index contributed by atoms with van der Waals surface area (Å²) in [6.07, 6.45) is 8.53. The Kier molecular flexibility index (Phi) is 8.06. The Morgan fingerprint density at radius 3 is 2.52 bits per heavy atom. The van der Waals surface area contributed by atoms with Gasteiger partial charge in [-0.1, -0.05) is 30.8 Å². The van der Waals surface area contributed by atoms with Crippen molar-refractivity contribution in [2.75, 3.05) is 6.54 Å². The maximum Gasteiger partial charge on any atom is 0.188 e. The van der Waals surface area contributed by atoms with Crippen LogP contribution in [0.1, 0.15) is 55.5 Å². The van der Waals surface area contributed by atoms with Crippen LogP contribution in [-0.2, 0) is 6.42 Å². The molecule has 3 N–H and O–H groups in total. The molecule has 120 valence electrons. The van der Waals surface area contributed by atoms with Crippen LogP contribution >= 0.6 is 24.0 Å². The summed E-state index contributed by atoms with van der Waals surface area (Å²) in [4.78, 5) is 4.42. The Bertz CT molecular complexity index is 431. The highest BCUT2D eigenvalue weighted by Gasteiger charge is 2.12. The molecule has 2 rings (SSSR count). The van der Waals surface area contributed by atoms with Gasteiger partial charge >= 0.3 is 0 Å². The zero-order valence-electron chi connectivity index (χ0n) is 13.0. The van der Waals surface area contributed by atoms with Crippen LogP contribution < -0.4 is 11.1 Å². The Morgan fingerprint density at radius 1 is 1.29 bits per heavy atom. The minimum absolute atomic E-state index is 0. The second-order valence-electron chi connectivity index (χ2n) is 5.65. The first-order chi connectivity index (χ1) is 9.66. The largest absolute Gasteiger partial charge is 0.370 e. The lowest BCUT2D eigenvalue weighted by atomic mass is 10.1. The number of aromatic nitrogens is 1. The van der Waals surface area contributed by atoms with Crippen LogP contribution in [0.15, 0.2) is 9.52 Å². The Balaban J connectivity index is 0.00000220. The molecule has 1 aromatic heterocycles. The second kappa shape index (κ2) is 9.27. The molecule has 0 saturated heterocycles. The van der Waals surface area contributed by atoms with Crippen molar-refractivity contribution in [1.82, 2.24) is 10.5 Å². The van der Waals surface area contributed by atoms with E-state index >= 15 is 0 Å². The first-order valence-electron chi connectivity index (χ1n) is 7.65. The predicted octanol–water partition coefficient (Wildman–Crippen LogP) is 3.08. The van der Waals surface area contributed by atoms with Gasteiger partial charge in [-0.05, 0) is 33.1 Å². The van der Waals surface area contributed by atoms with Crippen molar-refractivity contribution in [3.05, 3.63) is 17.0 Å². The zero-order chi connectivity index (χ0) is 14.4. The molecule has 0 spiro atoms. The fourth-order valence-electron chi connectivity index (χ4n) is 2.83. The van der Waals surface area contributed by atoms with Crippen molar-refractivity contribution in [3.8, 4) is 0 Å². The lowest BCUT2D eigenvalue weighted by molar-refractivity contribution is 0.392. The third-order valence-electron chi connectivity index (χ3n) is 4.03. The quantitative estimate of drug-likeness (QED) is 0.349. The SMILES string of the molecule is Cc1noc(C)c1CCN=C(N)NC1CCCCCC1.I. The van der Waals surface area contributed by atoms with E-state index in [1.807, 2.05) is 13.8 Å². The van der Waals surface area contributed by atoms with E-state index < -0.39 is 0 Å². The molecular weight excluding hydrogens is 379 g/mol. The van der Waals surface area contributed by atoms with Gasteiger partial charge in [0.25, 0.3) is 0 Å². The van der Waals surface area contributed by atoms with Crippen molar-refractivity contribution in [2.45, 2.75) is 64.8 Å². The summed E-state index contributed by atoms with van der Waals surface area (Å²) in [5.74, 6) is 1.46. The summed E-state index contributed by atoms with van der Waals surface area (Å²) >= 11 is 0. The normalized spacial score (nSPS) is 17.1. The van der Waals surface area contributed by atoms with E-state index in [0.717, 1.165) is 23.4 Å². The molecule has 1 aliphatic carbocycles. The van der Waals surface area contributed by atoms with Crippen molar-refractivity contribution < 1.29 is 4.52 Å². The van der Waals surface area contributed by atoms with Gasteiger partial charge in [-0.3, -0.25) is 4.99 Å². The molecule has 1 fully saturated rings. The molecule has 0 radical (unpaired) electrons. The molecule has 0 aromatic carbocycles. The molecule has 0 amide bonds. The minimum Gasteiger partial charge on any atom is -0.370 e. The van der Waals surface area contributed by atoms with Gasteiger partial charge in [0.15, 0.2) is 5.96 Å². The van der Waals surface area contributed by atoms with Gasteiger partial charge in [-0.15, -0.1) is 24.0 Å². The summed E-state index contributed by atoms with van der Waals surface area (Å²) in [5.41, 5.74) is 8.07. The van der Waals surface area contributed by atoms with Crippen molar-refractivity contribution in [2.24, 2.45) is 10.7 Å². The summed E-state index contributed by atoms with van der Waals surface area (Å²) in [6.45, 7) is 4.57. The van der Waals surface area contributed by atoms with E-state index in [1.165, 1.54) is 38.5 Å². The lowest BCUT2D eigenvalue weighted by Gasteiger charge is -2.16. The number of guanidine groups is 1. The molecule has 1 aliphatic rings. The number of aliphatic imine (C=N–C) groups is 1. The van der Waals surface area contributed by atoms with Crippen LogP contribution in [-0.4, -0.2) is 23.7 Å². The maximum atomic E-state index is 5.97. The molecule has 1 aromatic rings. The average Bonchev–Trinajstić information content (AvgIpc) is 2.64. The minimum atomic E-state index is 0. The number of aryl methyl sites for hydroxylation is 2. The molecule has 0 aliphatic heterocycles. The van der Waals surface area contributed by atoms with Gasteiger partial charge in [0.05, 0.1) is 5.69 Å². The average molecular weight is 406 g/mol. The third-order valence-corrected chi connectivity index (χ3v) is 4.03. The number of halogens is 1. The molecule has 1 saturated carbocycles.